The number of ether oxygens (including phenoxy) is 1. The zero-order chi connectivity index (χ0) is 20.2. The van der Waals surface area contributed by atoms with Crippen LogP contribution in [0.2, 0.25) is 0 Å². The van der Waals surface area contributed by atoms with Crippen molar-refractivity contribution >= 4 is 17.2 Å². The van der Waals surface area contributed by atoms with E-state index in [1.54, 1.807) is 30.3 Å². The first-order chi connectivity index (χ1) is 14.1. The van der Waals surface area contributed by atoms with E-state index in [9.17, 15) is 4.79 Å². The predicted octanol–water partition coefficient (Wildman–Crippen LogP) is 5.54. The first-order valence-corrected chi connectivity index (χ1v) is 9.24. The molecule has 4 nitrogen and oxygen atoms in total. The van der Waals surface area contributed by atoms with E-state index < -0.39 is 0 Å². The highest BCUT2D eigenvalue weighted by atomic mass is 16.5. The average Bonchev–Trinajstić information content (AvgIpc) is 2.76. The van der Waals surface area contributed by atoms with Crippen molar-refractivity contribution in [3.63, 3.8) is 0 Å². The number of nitrogens with two attached hydrogens (primary N) is 2. The van der Waals surface area contributed by atoms with Gasteiger partial charge in [0.15, 0.2) is 11.5 Å². The highest BCUT2D eigenvalue weighted by Crippen LogP contribution is 2.39. The molecule has 0 heterocycles. The largest absolute Gasteiger partial charge is 0.454 e. The summed E-state index contributed by atoms with van der Waals surface area (Å²) >= 11 is 0. The van der Waals surface area contributed by atoms with Gasteiger partial charge in [-0.25, -0.2) is 0 Å². The minimum absolute atomic E-state index is 0.199. The van der Waals surface area contributed by atoms with Gasteiger partial charge in [-0.1, -0.05) is 66.7 Å². The summed E-state index contributed by atoms with van der Waals surface area (Å²) in [6, 6.07) is 29.5. The SMILES string of the molecule is Nc1cccc(C(=O)c2ccc(-c3ccccc3)c(N)c2Oc2ccccc2)c1. The number of anilines is 2. The fraction of sp³-hybridized carbons (Fsp3) is 0. The molecule has 0 bridgehead atoms. The van der Waals surface area contributed by atoms with E-state index in [2.05, 4.69) is 0 Å². The standard InChI is InChI=1S/C25H20N2O2/c26-19-11-7-10-18(16-19)24(28)22-15-14-21(17-8-3-1-4-9-17)23(27)25(22)29-20-12-5-2-6-13-20/h1-16H,26-27H2. The van der Waals surface area contributed by atoms with Crippen LogP contribution in [0.15, 0.2) is 97.1 Å². The zero-order valence-electron chi connectivity index (χ0n) is 15.7. The Morgan fingerprint density at radius 3 is 2.10 bits per heavy atom. The third kappa shape index (κ3) is 3.82. The molecule has 142 valence electrons. The average molecular weight is 380 g/mol. The summed E-state index contributed by atoms with van der Waals surface area (Å²) in [6.07, 6.45) is 0. The molecule has 0 radical (unpaired) electrons. The lowest BCUT2D eigenvalue weighted by Gasteiger charge is -2.16. The van der Waals surface area contributed by atoms with Crippen molar-refractivity contribution in [2.24, 2.45) is 0 Å². The molecule has 0 aromatic heterocycles. The molecule has 0 atom stereocenters. The topological polar surface area (TPSA) is 78.3 Å². The lowest BCUT2D eigenvalue weighted by Crippen LogP contribution is -2.07. The maximum absolute atomic E-state index is 13.2. The summed E-state index contributed by atoms with van der Waals surface area (Å²) in [6.45, 7) is 0. The number of hydrogen-bond acceptors (Lipinski definition) is 4. The number of benzene rings is 4. The highest BCUT2D eigenvalue weighted by molar-refractivity contribution is 6.12. The van der Waals surface area contributed by atoms with Crippen molar-refractivity contribution < 1.29 is 9.53 Å². The van der Waals surface area contributed by atoms with Gasteiger partial charge in [0, 0.05) is 16.8 Å². The fourth-order valence-electron chi connectivity index (χ4n) is 3.20. The van der Waals surface area contributed by atoms with E-state index in [4.69, 9.17) is 16.2 Å². The Bertz CT molecular complexity index is 1160. The maximum Gasteiger partial charge on any atom is 0.196 e. The number of carbonyl (C=O) groups is 1. The molecule has 0 aliphatic carbocycles. The van der Waals surface area contributed by atoms with Crippen molar-refractivity contribution in [1.29, 1.82) is 0 Å². The van der Waals surface area contributed by atoms with Gasteiger partial charge in [-0.3, -0.25) is 4.79 Å². The van der Waals surface area contributed by atoms with Crippen molar-refractivity contribution in [2.75, 3.05) is 11.5 Å². The number of para-hydroxylation sites is 1. The zero-order valence-corrected chi connectivity index (χ0v) is 15.7. The van der Waals surface area contributed by atoms with Crippen LogP contribution in [0.3, 0.4) is 0 Å². The quantitative estimate of drug-likeness (QED) is 0.352. The van der Waals surface area contributed by atoms with E-state index in [-0.39, 0.29) is 5.78 Å². The van der Waals surface area contributed by atoms with E-state index in [0.717, 1.165) is 11.1 Å². The molecule has 4 rings (SSSR count). The van der Waals surface area contributed by atoms with Crippen LogP contribution in [0.1, 0.15) is 15.9 Å². The Morgan fingerprint density at radius 2 is 1.41 bits per heavy atom. The Morgan fingerprint density at radius 1 is 0.724 bits per heavy atom. The second-order valence-corrected chi connectivity index (χ2v) is 6.64. The molecule has 4 N–H and O–H groups in total. The Balaban J connectivity index is 1.86. The first kappa shape index (κ1) is 18.3. The number of hydrogen-bond donors (Lipinski definition) is 2. The molecule has 0 aliphatic heterocycles. The van der Waals surface area contributed by atoms with Crippen molar-refractivity contribution in [1.82, 2.24) is 0 Å². The molecule has 0 saturated carbocycles. The third-order valence-electron chi connectivity index (χ3n) is 4.64. The minimum atomic E-state index is -0.199. The molecule has 0 aliphatic rings. The normalized spacial score (nSPS) is 10.5. The molecule has 4 aromatic rings. The van der Waals surface area contributed by atoms with E-state index in [1.165, 1.54) is 0 Å². The molecule has 0 amide bonds. The first-order valence-electron chi connectivity index (χ1n) is 9.24. The van der Waals surface area contributed by atoms with Crippen LogP contribution in [0.25, 0.3) is 11.1 Å². The van der Waals surface area contributed by atoms with E-state index in [0.29, 0.717) is 34.0 Å². The minimum Gasteiger partial charge on any atom is -0.454 e. The van der Waals surface area contributed by atoms with Crippen LogP contribution in [-0.2, 0) is 0 Å². The van der Waals surface area contributed by atoms with Crippen LogP contribution < -0.4 is 16.2 Å². The van der Waals surface area contributed by atoms with Gasteiger partial charge in [0.25, 0.3) is 0 Å². The number of rotatable bonds is 5. The van der Waals surface area contributed by atoms with E-state index in [1.807, 2.05) is 66.7 Å². The number of nitrogen functional groups attached to an aromatic ring is 2. The van der Waals surface area contributed by atoms with Gasteiger partial charge in [0.05, 0.1) is 11.3 Å². The maximum atomic E-state index is 13.2. The lowest BCUT2D eigenvalue weighted by atomic mass is 9.96. The fourth-order valence-corrected chi connectivity index (χ4v) is 3.20. The van der Waals surface area contributed by atoms with Gasteiger partial charge in [0.1, 0.15) is 5.75 Å². The summed E-state index contributed by atoms with van der Waals surface area (Å²) in [7, 11) is 0. The van der Waals surface area contributed by atoms with Gasteiger partial charge in [-0.2, -0.15) is 0 Å². The predicted molar refractivity (Wildman–Crippen MR) is 117 cm³/mol. The summed E-state index contributed by atoms with van der Waals surface area (Å²) in [5.74, 6) is 0.741. The highest BCUT2D eigenvalue weighted by Gasteiger charge is 2.21. The van der Waals surface area contributed by atoms with Gasteiger partial charge in [-0.05, 0) is 35.9 Å². The Kier molecular flexibility index (Phi) is 4.99. The molecule has 0 saturated heterocycles. The van der Waals surface area contributed by atoms with Gasteiger partial charge < -0.3 is 16.2 Å². The summed E-state index contributed by atoms with van der Waals surface area (Å²) in [5, 5.41) is 0. The molecule has 0 spiro atoms. The van der Waals surface area contributed by atoms with Gasteiger partial charge >= 0.3 is 0 Å². The molecule has 4 heteroatoms. The summed E-state index contributed by atoms with van der Waals surface area (Å²) in [4.78, 5) is 13.2. The lowest BCUT2D eigenvalue weighted by molar-refractivity contribution is 0.103. The number of carbonyl (C=O) groups excluding carboxylic acids is 1. The molecule has 29 heavy (non-hydrogen) atoms. The van der Waals surface area contributed by atoms with Crippen LogP contribution in [0, 0.1) is 0 Å². The number of ketones is 1. The molecular weight excluding hydrogens is 360 g/mol. The summed E-state index contributed by atoms with van der Waals surface area (Å²) < 4.78 is 6.10. The molecule has 4 aromatic carbocycles. The second-order valence-electron chi connectivity index (χ2n) is 6.64. The van der Waals surface area contributed by atoms with Crippen molar-refractivity contribution in [3.8, 4) is 22.6 Å². The monoisotopic (exact) mass is 380 g/mol. The molecule has 0 unspecified atom stereocenters. The second kappa shape index (κ2) is 7.90. The summed E-state index contributed by atoms with van der Waals surface area (Å²) in [5.41, 5.74) is 15.9. The van der Waals surface area contributed by atoms with Crippen LogP contribution in [0.4, 0.5) is 11.4 Å². The van der Waals surface area contributed by atoms with Crippen LogP contribution in [-0.4, -0.2) is 5.78 Å². The van der Waals surface area contributed by atoms with Crippen molar-refractivity contribution in [3.05, 3.63) is 108 Å². The van der Waals surface area contributed by atoms with Gasteiger partial charge in [0.2, 0.25) is 0 Å². The van der Waals surface area contributed by atoms with Crippen molar-refractivity contribution in [2.45, 2.75) is 0 Å². The molecule has 0 fully saturated rings. The van der Waals surface area contributed by atoms with Gasteiger partial charge in [-0.15, -0.1) is 0 Å². The Labute approximate surface area is 169 Å². The van der Waals surface area contributed by atoms with E-state index >= 15 is 0 Å². The molecular formula is C25H20N2O2. The smallest absolute Gasteiger partial charge is 0.196 e. The Hall–Kier alpha value is -4.05. The van der Waals surface area contributed by atoms with Crippen LogP contribution in [0.5, 0.6) is 11.5 Å². The van der Waals surface area contributed by atoms with Crippen LogP contribution >= 0.6 is 0 Å². The third-order valence-corrected chi connectivity index (χ3v) is 4.64.